The second-order valence-corrected chi connectivity index (χ2v) is 5.34. The van der Waals surface area contributed by atoms with E-state index in [0.717, 1.165) is 11.1 Å². The fraction of sp³-hybridized carbons (Fsp3) is 0.0526. The van der Waals surface area contributed by atoms with E-state index in [1.165, 1.54) is 6.07 Å². The maximum Gasteiger partial charge on any atom is 0.131 e. The van der Waals surface area contributed by atoms with Crippen LogP contribution in [0.25, 0.3) is 22.3 Å². The molecule has 0 fully saturated rings. The summed E-state index contributed by atoms with van der Waals surface area (Å²) in [6, 6.07) is 20.1. The summed E-state index contributed by atoms with van der Waals surface area (Å²) in [5, 5.41) is 0.544. The Hall–Kier alpha value is -2.32. The zero-order valence-corrected chi connectivity index (χ0v) is 12.8. The Morgan fingerprint density at radius 1 is 0.818 bits per heavy atom. The smallest absolute Gasteiger partial charge is 0.131 e. The third-order valence-corrected chi connectivity index (χ3v) is 3.76. The van der Waals surface area contributed by atoms with Crippen molar-refractivity contribution in [2.24, 2.45) is 0 Å². The number of benzene rings is 3. The summed E-state index contributed by atoms with van der Waals surface area (Å²) in [4.78, 5) is 0. The normalized spacial score (nSPS) is 10.5. The molecule has 0 saturated carbocycles. The van der Waals surface area contributed by atoms with E-state index in [9.17, 15) is 4.39 Å². The number of hydrogen-bond donors (Lipinski definition) is 0. The Balaban J connectivity index is 2.09. The van der Waals surface area contributed by atoms with E-state index in [1.807, 2.05) is 36.4 Å². The first-order chi connectivity index (χ1) is 10.7. The predicted octanol–water partition coefficient (Wildman–Crippen LogP) is 5.82. The topological polar surface area (TPSA) is 9.23 Å². The molecule has 0 aliphatic rings. The molecule has 0 saturated heterocycles. The van der Waals surface area contributed by atoms with E-state index in [2.05, 4.69) is 0 Å². The van der Waals surface area contributed by atoms with Crippen molar-refractivity contribution in [1.82, 2.24) is 0 Å². The van der Waals surface area contributed by atoms with Crippen LogP contribution in [-0.4, -0.2) is 7.11 Å². The van der Waals surface area contributed by atoms with Crippen LogP contribution < -0.4 is 4.74 Å². The highest BCUT2D eigenvalue weighted by Crippen LogP contribution is 2.35. The van der Waals surface area contributed by atoms with Gasteiger partial charge < -0.3 is 4.74 Å². The average molecular weight is 313 g/mol. The van der Waals surface area contributed by atoms with Crippen LogP contribution in [0.3, 0.4) is 0 Å². The monoisotopic (exact) mass is 312 g/mol. The number of hydrogen-bond acceptors (Lipinski definition) is 1. The second kappa shape index (κ2) is 6.20. The van der Waals surface area contributed by atoms with Crippen molar-refractivity contribution in [2.75, 3.05) is 7.11 Å². The summed E-state index contributed by atoms with van der Waals surface area (Å²) in [5.74, 6) is 0.290. The van der Waals surface area contributed by atoms with Crippen LogP contribution >= 0.6 is 11.6 Å². The molecule has 0 spiro atoms. The van der Waals surface area contributed by atoms with Crippen LogP contribution in [0.15, 0.2) is 66.7 Å². The highest BCUT2D eigenvalue weighted by molar-refractivity contribution is 6.31. The third-order valence-electron chi connectivity index (χ3n) is 3.53. The summed E-state index contributed by atoms with van der Waals surface area (Å²) in [7, 11) is 1.56. The van der Waals surface area contributed by atoms with Crippen molar-refractivity contribution in [3.05, 3.63) is 77.6 Å². The first-order valence-electron chi connectivity index (χ1n) is 6.88. The van der Waals surface area contributed by atoms with Gasteiger partial charge in [0, 0.05) is 16.1 Å². The lowest BCUT2D eigenvalue weighted by molar-refractivity contribution is 0.416. The molecule has 3 rings (SSSR count). The van der Waals surface area contributed by atoms with Gasteiger partial charge in [-0.1, -0.05) is 54.1 Å². The molecule has 0 N–H and O–H groups in total. The number of ether oxygens (including phenoxy) is 1. The van der Waals surface area contributed by atoms with Gasteiger partial charge in [0.15, 0.2) is 0 Å². The van der Waals surface area contributed by atoms with Crippen LogP contribution in [0, 0.1) is 5.82 Å². The third kappa shape index (κ3) is 2.83. The molecular formula is C19H14ClFO. The molecule has 0 aromatic heterocycles. The van der Waals surface area contributed by atoms with Crippen molar-refractivity contribution >= 4 is 11.6 Å². The Kier molecular flexibility index (Phi) is 4.12. The summed E-state index contributed by atoms with van der Waals surface area (Å²) >= 11 is 6.03. The summed E-state index contributed by atoms with van der Waals surface area (Å²) in [6.45, 7) is 0. The van der Waals surface area contributed by atoms with E-state index in [-0.39, 0.29) is 5.82 Å². The Bertz CT molecular complexity index is 800. The Labute approximate surface area is 133 Å². The number of halogens is 2. The Morgan fingerprint density at radius 2 is 1.59 bits per heavy atom. The zero-order valence-electron chi connectivity index (χ0n) is 12.0. The first-order valence-corrected chi connectivity index (χ1v) is 7.26. The molecule has 0 aliphatic carbocycles. The van der Waals surface area contributed by atoms with Crippen molar-refractivity contribution in [2.45, 2.75) is 0 Å². The molecule has 110 valence electrons. The summed E-state index contributed by atoms with van der Waals surface area (Å²) in [5.41, 5.74) is 2.93. The lowest BCUT2D eigenvalue weighted by Gasteiger charge is -2.11. The van der Waals surface area contributed by atoms with Gasteiger partial charge in [-0.15, -0.1) is 0 Å². The number of methoxy groups -OCH3 is 1. The van der Waals surface area contributed by atoms with Gasteiger partial charge in [-0.3, -0.25) is 0 Å². The van der Waals surface area contributed by atoms with Crippen LogP contribution in [0.4, 0.5) is 4.39 Å². The standard InChI is InChI=1S/C19H14ClFO/c1-22-19-10-8-15(20)12-17(19)16-9-7-14(11-18(16)21)13-5-3-2-4-6-13/h2-12H,1H3. The minimum atomic E-state index is -0.304. The largest absolute Gasteiger partial charge is 0.496 e. The maximum atomic E-state index is 14.6. The van der Waals surface area contributed by atoms with Gasteiger partial charge in [0.2, 0.25) is 0 Å². The molecular weight excluding hydrogens is 299 g/mol. The maximum absolute atomic E-state index is 14.6. The predicted molar refractivity (Wildman–Crippen MR) is 88.8 cm³/mol. The van der Waals surface area contributed by atoms with Gasteiger partial charge in [0.1, 0.15) is 11.6 Å². The molecule has 3 aromatic rings. The summed E-state index contributed by atoms with van der Waals surface area (Å²) < 4.78 is 19.9. The molecule has 3 heteroatoms. The highest BCUT2D eigenvalue weighted by Gasteiger charge is 2.12. The summed E-state index contributed by atoms with van der Waals surface area (Å²) in [6.07, 6.45) is 0. The van der Waals surface area contributed by atoms with Crippen LogP contribution in [0.5, 0.6) is 5.75 Å². The van der Waals surface area contributed by atoms with E-state index >= 15 is 0 Å². The molecule has 0 unspecified atom stereocenters. The SMILES string of the molecule is COc1ccc(Cl)cc1-c1ccc(-c2ccccc2)cc1F. The molecule has 0 bridgehead atoms. The molecule has 0 radical (unpaired) electrons. The molecule has 0 heterocycles. The van der Waals surface area contributed by atoms with E-state index in [1.54, 1.807) is 31.4 Å². The molecule has 0 amide bonds. The van der Waals surface area contributed by atoms with Crippen molar-refractivity contribution in [1.29, 1.82) is 0 Å². The van der Waals surface area contributed by atoms with Gasteiger partial charge in [0.25, 0.3) is 0 Å². The van der Waals surface area contributed by atoms with Gasteiger partial charge in [-0.25, -0.2) is 4.39 Å². The van der Waals surface area contributed by atoms with Crippen LogP contribution in [-0.2, 0) is 0 Å². The van der Waals surface area contributed by atoms with Crippen LogP contribution in [0.2, 0.25) is 5.02 Å². The lowest BCUT2D eigenvalue weighted by atomic mass is 9.99. The quantitative estimate of drug-likeness (QED) is 0.592. The van der Waals surface area contributed by atoms with E-state index in [4.69, 9.17) is 16.3 Å². The number of rotatable bonds is 3. The minimum Gasteiger partial charge on any atom is -0.496 e. The molecule has 0 aliphatic heterocycles. The highest BCUT2D eigenvalue weighted by atomic mass is 35.5. The van der Waals surface area contributed by atoms with Crippen molar-refractivity contribution in [3.63, 3.8) is 0 Å². The van der Waals surface area contributed by atoms with Gasteiger partial charge >= 0.3 is 0 Å². The van der Waals surface area contributed by atoms with Gasteiger partial charge in [0.05, 0.1) is 7.11 Å². The first kappa shape index (κ1) is 14.6. The van der Waals surface area contributed by atoms with Crippen molar-refractivity contribution in [3.8, 4) is 28.0 Å². The van der Waals surface area contributed by atoms with Crippen molar-refractivity contribution < 1.29 is 9.13 Å². The van der Waals surface area contributed by atoms with Gasteiger partial charge in [-0.2, -0.15) is 0 Å². The minimum absolute atomic E-state index is 0.304. The fourth-order valence-electron chi connectivity index (χ4n) is 2.43. The van der Waals surface area contributed by atoms with E-state index < -0.39 is 0 Å². The Morgan fingerprint density at radius 3 is 2.27 bits per heavy atom. The molecule has 3 aromatic carbocycles. The zero-order chi connectivity index (χ0) is 15.5. The average Bonchev–Trinajstić information content (AvgIpc) is 2.55. The molecule has 22 heavy (non-hydrogen) atoms. The van der Waals surface area contributed by atoms with Crippen LogP contribution in [0.1, 0.15) is 0 Å². The second-order valence-electron chi connectivity index (χ2n) is 4.91. The lowest BCUT2D eigenvalue weighted by Crippen LogP contribution is -1.91. The molecule has 0 atom stereocenters. The fourth-order valence-corrected chi connectivity index (χ4v) is 2.61. The molecule has 1 nitrogen and oxygen atoms in total. The van der Waals surface area contributed by atoms with Gasteiger partial charge in [-0.05, 0) is 35.4 Å². The van der Waals surface area contributed by atoms with E-state index in [0.29, 0.717) is 21.9 Å².